The van der Waals surface area contributed by atoms with E-state index in [-0.39, 0.29) is 5.69 Å². The van der Waals surface area contributed by atoms with E-state index in [9.17, 15) is 9.59 Å². The summed E-state index contributed by atoms with van der Waals surface area (Å²) in [6, 6.07) is 18.9. The molecule has 0 radical (unpaired) electrons. The molecule has 4 aromatic rings. The number of hydrogen-bond donors (Lipinski definition) is 2. The summed E-state index contributed by atoms with van der Waals surface area (Å²) in [5.74, 6) is 0.610. The fourth-order valence-corrected chi connectivity index (χ4v) is 4.16. The second-order valence-corrected chi connectivity index (χ2v) is 8.15. The van der Waals surface area contributed by atoms with Gasteiger partial charge in [-0.15, -0.1) is 11.3 Å². The van der Waals surface area contributed by atoms with Crippen molar-refractivity contribution < 1.29 is 23.8 Å². The van der Waals surface area contributed by atoms with Crippen LogP contribution in [0.4, 0.5) is 0 Å². The van der Waals surface area contributed by atoms with Gasteiger partial charge < -0.3 is 14.2 Å². The highest BCUT2D eigenvalue weighted by Crippen LogP contribution is 2.38. The number of carbonyl (C=O) groups is 2. The molecule has 0 aliphatic rings. The number of hydrogen-bond acceptors (Lipinski definition) is 7. The SMILES string of the molecule is COc1cccc(-c2nc(C(=O)NNC(=O)[C@@H](C)Oc3ccc4ccccc4c3)cs2)c1OC. The highest BCUT2D eigenvalue weighted by Gasteiger charge is 2.19. The predicted molar refractivity (Wildman–Crippen MR) is 130 cm³/mol. The zero-order chi connectivity index (χ0) is 24.1. The Morgan fingerprint density at radius 3 is 2.50 bits per heavy atom. The lowest BCUT2D eigenvalue weighted by atomic mass is 10.1. The van der Waals surface area contributed by atoms with Gasteiger partial charge in [-0.25, -0.2) is 4.98 Å². The standard InChI is InChI=1S/C25H23N3O5S/c1-15(33-18-12-11-16-7-4-5-8-17(16)13-18)23(29)27-28-24(30)20-14-34-25(26-20)19-9-6-10-21(31-2)22(19)32-3/h4-15H,1-3H3,(H,27,29)(H,28,30)/t15-/m1/s1. The molecule has 2 N–H and O–H groups in total. The first-order valence-electron chi connectivity index (χ1n) is 10.4. The van der Waals surface area contributed by atoms with E-state index in [4.69, 9.17) is 14.2 Å². The number of nitrogens with one attached hydrogen (secondary N) is 2. The Hall–Kier alpha value is -4.11. The van der Waals surface area contributed by atoms with E-state index in [1.807, 2.05) is 48.5 Å². The van der Waals surface area contributed by atoms with Gasteiger partial charge in [0.15, 0.2) is 17.6 Å². The van der Waals surface area contributed by atoms with Crippen LogP contribution in [0.1, 0.15) is 17.4 Å². The van der Waals surface area contributed by atoms with Crippen LogP contribution in [-0.4, -0.2) is 37.1 Å². The van der Waals surface area contributed by atoms with Gasteiger partial charge in [0.25, 0.3) is 11.8 Å². The van der Waals surface area contributed by atoms with Crippen LogP contribution in [0.25, 0.3) is 21.3 Å². The van der Waals surface area contributed by atoms with E-state index >= 15 is 0 Å². The number of rotatable bonds is 7. The Balaban J connectivity index is 1.37. The lowest BCUT2D eigenvalue weighted by Crippen LogP contribution is -2.47. The molecule has 0 bridgehead atoms. The maximum Gasteiger partial charge on any atom is 0.289 e. The van der Waals surface area contributed by atoms with Gasteiger partial charge in [-0.05, 0) is 42.0 Å². The molecule has 1 heterocycles. The molecule has 1 atom stereocenters. The molecular formula is C25H23N3O5S. The van der Waals surface area contributed by atoms with Crippen molar-refractivity contribution in [3.05, 3.63) is 71.7 Å². The Bertz CT molecular complexity index is 1340. The normalized spacial score (nSPS) is 11.5. The van der Waals surface area contributed by atoms with Crippen molar-refractivity contribution in [2.45, 2.75) is 13.0 Å². The van der Waals surface area contributed by atoms with Crippen LogP contribution in [0, 0.1) is 0 Å². The minimum absolute atomic E-state index is 0.160. The molecule has 34 heavy (non-hydrogen) atoms. The number of nitrogens with zero attached hydrogens (tertiary/aromatic N) is 1. The van der Waals surface area contributed by atoms with Gasteiger partial charge in [-0.1, -0.05) is 36.4 Å². The van der Waals surface area contributed by atoms with Gasteiger partial charge in [0.2, 0.25) is 0 Å². The smallest absolute Gasteiger partial charge is 0.289 e. The molecule has 0 aliphatic heterocycles. The van der Waals surface area contributed by atoms with Crippen molar-refractivity contribution in [3.8, 4) is 27.8 Å². The third kappa shape index (κ3) is 4.94. The summed E-state index contributed by atoms with van der Waals surface area (Å²) >= 11 is 1.28. The average molecular weight is 478 g/mol. The van der Waals surface area contributed by atoms with Gasteiger partial charge in [0, 0.05) is 5.38 Å². The minimum atomic E-state index is -0.825. The first kappa shape index (κ1) is 23.1. The molecule has 4 rings (SSSR count). The molecule has 0 aliphatic carbocycles. The summed E-state index contributed by atoms with van der Waals surface area (Å²) in [6.45, 7) is 1.60. The van der Waals surface area contributed by atoms with Crippen LogP contribution in [0.3, 0.4) is 0 Å². The Morgan fingerprint density at radius 2 is 1.74 bits per heavy atom. The maximum atomic E-state index is 12.5. The van der Waals surface area contributed by atoms with Crippen molar-refractivity contribution in [2.75, 3.05) is 14.2 Å². The Labute approximate surface area is 200 Å². The molecule has 0 spiro atoms. The molecule has 0 saturated heterocycles. The molecule has 0 fully saturated rings. The van der Waals surface area contributed by atoms with Crippen molar-refractivity contribution in [3.63, 3.8) is 0 Å². The van der Waals surface area contributed by atoms with Crippen molar-refractivity contribution in [2.24, 2.45) is 0 Å². The van der Waals surface area contributed by atoms with Crippen LogP contribution in [0.2, 0.25) is 0 Å². The number of aromatic nitrogens is 1. The number of amides is 2. The first-order chi connectivity index (χ1) is 16.5. The number of carbonyl (C=O) groups excluding carboxylic acids is 2. The highest BCUT2D eigenvalue weighted by molar-refractivity contribution is 7.13. The maximum absolute atomic E-state index is 12.5. The van der Waals surface area contributed by atoms with E-state index in [2.05, 4.69) is 15.8 Å². The third-order valence-electron chi connectivity index (χ3n) is 5.07. The minimum Gasteiger partial charge on any atom is -0.493 e. The molecule has 1 aromatic heterocycles. The second-order valence-electron chi connectivity index (χ2n) is 7.29. The number of para-hydroxylation sites is 1. The lowest BCUT2D eigenvalue weighted by Gasteiger charge is -2.15. The van der Waals surface area contributed by atoms with E-state index < -0.39 is 17.9 Å². The van der Waals surface area contributed by atoms with Gasteiger partial charge in [-0.3, -0.25) is 20.4 Å². The Morgan fingerprint density at radius 1 is 0.941 bits per heavy atom. The van der Waals surface area contributed by atoms with Crippen LogP contribution in [0.15, 0.2) is 66.0 Å². The molecular weight excluding hydrogens is 454 g/mol. The molecule has 2 amide bonds. The number of methoxy groups -OCH3 is 2. The first-order valence-corrected chi connectivity index (χ1v) is 11.3. The van der Waals surface area contributed by atoms with Crippen LogP contribution in [-0.2, 0) is 4.79 Å². The quantitative estimate of drug-likeness (QED) is 0.387. The highest BCUT2D eigenvalue weighted by atomic mass is 32.1. The fourth-order valence-electron chi connectivity index (χ4n) is 3.34. The third-order valence-corrected chi connectivity index (χ3v) is 5.95. The zero-order valence-corrected chi connectivity index (χ0v) is 19.6. The summed E-state index contributed by atoms with van der Waals surface area (Å²) in [7, 11) is 3.09. The van der Waals surface area contributed by atoms with Crippen LogP contribution < -0.4 is 25.1 Å². The predicted octanol–water partition coefficient (Wildman–Crippen LogP) is 4.21. The molecule has 3 aromatic carbocycles. The van der Waals surface area contributed by atoms with E-state index in [0.717, 1.165) is 10.8 Å². The number of benzene rings is 3. The van der Waals surface area contributed by atoms with E-state index in [1.54, 1.807) is 38.7 Å². The summed E-state index contributed by atoms with van der Waals surface area (Å²) in [5, 5.41) is 4.27. The molecule has 0 unspecified atom stereocenters. The fraction of sp³-hybridized carbons (Fsp3) is 0.160. The number of hydrazine groups is 1. The topological polar surface area (TPSA) is 98.8 Å². The summed E-state index contributed by atoms with van der Waals surface area (Å²) in [6.07, 6.45) is -0.825. The summed E-state index contributed by atoms with van der Waals surface area (Å²) in [4.78, 5) is 29.3. The number of thiazole rings is 1. The van der Waals surface area contributed by atoms with Crippen LogP contribution >= 0.6 is 11.3 Å². The second kappa shape index (κ2) is 10.2. The van der Waals surface area contributed by atoms with Gasteiger partial charge in [-0.2, -0.15) is 0 Å². The zero-order valence-electron chi connectivity index (χ0n) is 18.8. The largest absolute Gasteiger partial charge is 0.493 e. The number of fused-ring (bicyclic) bond motifs is 1. The summed E-state index contributed by atoms with van der Waals surface area (Å²) < 4.78 is 16.5. The molecule has 9 heteroatoms. The van der Waals surface area contributed by atoms with E-state index in [1.165, 1.54) is 11.3 Å². The van der Waals surface area contributed by atoms with Crippen molar-refractivity contribution in [1.29, 1.82) is 0 Å². The molecule has 8 nitrogen and oxygen atoms in total. The molecule has 0 saturated carbocycles. The van der Waals surface area contributed by atoms with Crippen LogP contribution in [0.5, 0.6) is 17.2 Å². The molecule has 174 valence electrons. The summed E-state index contributed by atoms with van der Waals surface area (Å²) in [5.41, 5.74) is 5.63. The average Bonchev–Trinajstić information content (AvgIpc) is 3.36. The van der Waals surface area contributed by atoms with Gasteiger partial charge in [0.05, 0.1) is 19.8 Å². The van der Waals surface area contributed by atoms with Gasteiger partial charge >= 0.3 is 0 Å². The van der Waals surface area contributed by atoms with Crippen molar-refractivity contribution in [1.82, 2.24) is 15.8 Å². The Kier molecular flexibility index (Phi) is 6.93. The van der Waals surface area contributed by atoms with Crippen molar-refractivity contribution >= 4 is 33.9 Å². The lowest BCUT2D eigenvalue weighted by molar-refractivity contribution is -0.128. The van der Waals surface area contributed by atoms with Gasteiger partial charge in [0.1, 0.15) is 16.5 Å². The monoisotopic (exact) mass is 477 g/mol. The van der Waals surface area contributed by atoms with E-state index in [0.29, 0.717) is 27.8 Å². The number of ether oxygens (including phenoxy) is 3.